The van der Waals surface area contributed by atoms with Gasteiger partial charge in [-0.3, -0.25) is 4.99 Å². The largest absolute Gasteiger partial charge is 0.458 e. The van der Waals surface area contributed by atoms with Gasteiger partial charge >= 0.3 is 12.1 Å². The molecular weight excluding hydrogens is 557 g/mol. The molecule has 0 saturated carbocycles. The number of ether oxygens (including phenoxy) is 1. The van der Waals surface area contributed by atoms with Gasteiger partial charge in [0.25, 0.3) is 0 Å². The molecule has 1 atom stereocenters. The highest BCUT2D eigenvalue weighted by molar-refractivity contribution is 9.10. The maximum Gasteiger partial charge on any atom is 0.433 e. The summed E-state index contributed by atoms with van der Waals surface area (Å²) >= 11 is 3.32. The fraction of sp³-hybridized carbons (Fsp3) is 0.233. The van der Waals surface area contributed by atoms with Gasteiger partial charge in [-0.1, -0.05) is 72.8 Å². The Bertz CT molecular complexity index is 1420. The van der Waals surface area contributed by atoms with Crippen molar-refractivity contribution < 1.29 is 22.7 Å². The Balaban J connectivity index is 1.85. The lowest BCUT2D eigenvalue weighted by Crippen LogP contribution is -2.33. The lowest BCUT2D eigenvalue weighted by atomic mass is 9.98. The van der Waals surface area contributed by atoms with Crippen molar-refractivity contribution in [3.63, 3.8) is 0 Å². The molecule has 1 heterocycles. The second-order valence-corrected chi connectivity index (χ2v) is 10.6. The average molecular weight is 583 g/mol. The highest BCUT2D eigenvalue weighted by Gasteiger charge is 2.33. The van der Waals surface area contributed by atoms with Crippen LogP contribution in [-0.2, 0) is 22.1 Å². The third kappa shape index (κ3) is 6.67. The number of aliphatic imine (C=N–C) groups is 1. The lowest BCUT2D eigenvalue weighted by molar-refractivity contribution is -0.156. The quantitative estimate of drug-likeness (QED) is 0.172. The second-order valence-electron chi connectivity index (χ2n) is 9.76. The van der Waals surface area contributed by atoms with E-state index < -0.39 is 29.5 Å². The number of fused-ring (bicyclic) bond motifs is 1. The van der Waals surface area contributed by atoms with Crippen LogP contribution in [0.15, 0.2) is 94.4 Å². The van der Waals surface area contributed by atoms with E-state index in [1.165, 1.54) is 6.07 Å². The Morgan fingerprint density at radius 1 is 0.895 bits per heavy atom. The van der Waals surface area contributed by atoms with Crippen molar-refractivity contribution in [3.05, 3.63) is 112 Å². The van der Waals surface area contributed by atoms with Crippen LogP contribution in [0, 0.1) is 0 Å². The molecule has 196 valence electrons. The van der Waals surface area contributed by atoms with Gasteiger partial charge in [-0.15, -0.1) is 0 Å². The van der Waals surface area contributed by atoms with Gasteiger partial charge in [0.1, 0.15) is 11.3 Å². The molecule has 0 spiro atoms. The van der Waals surface area contributed by atoms with Crippen molar-refractivity contribution in [1.29, 1.82) is 0 Å². The van der Waals surface area contributed by atoms with Crippen molar-refractivity contribution in [3.8, 4) is 0 Å². The Labute approximate surface area is 227 Å². The highest BCUT2D eigenvalue weighted by Crippen LogP contribution is 2.33. The van der Waals surface area contributed by atoms with Crippen LogP contribution in [-0.4, -0.2) is 28.3 Å². The number of halogens is 4. The maximum absolute atomic E-state index is 13.4. The number of hydrogen-bond acceptors (Lipinski definition) is 4. The van der Waals surface area contributed by atoms with Crippen LogP contribution in [0.1, 0.15) is 43.2 Å². The smallest absolute Gasteiger partial charge is 0.433 e. The Morgan fingerprint density at radius 3 is 2.00 bits per heavy atom. The SMILES string of the molecule is CC(C)(C)OC(=O)C(Cc1ccc(Br)c2nc(C(F)(F)F)ccc12)N=C(c1ccccc1)c1ccccc1. The fourth-order valence-electron chi connectivity index (χ4n) is 4.00. The molecule has 0 saturated heterocycles. The lowest BCUT2D eigenvalue weighted by Gasteiger charge is -2.23. The first-order valence-electron chi connectivity index (χ1n) is 12.0. The summed E-state index contributed by atoms with van der Waals surface area (Å²) in [4.78, 5) is 22.2. The van der Waals surface area contributed by atoms with E-state index in [4.69, 9.17) is 9.73 Å². The number of hydrogen-bond donors (Lipinski definition) is 0. The monoisotopic (exact) mass is 582 g/mol. The maximum atomic E-state index is 13.4. The van der Waals surface area contributed by atoms with Gasteiger partial charge in [0, 0.05) is 27.4 Å². The Hall–Kier alpha value is -3.52. The fourth-order valence-corrected chi connectivity index (χ4v) is 4.44. The predicted octanol–water partition coefficient (Wildman–Crippen LogP) is 7.81. The molecule has 4 nitrogen and oxygen atoms in total. The Morgan fingerprint density at radius 2 is 1.47 bits per heavy atom. The zero-order chi connectivity index (χ0) is 27.5. The van der Waals surface area contributed by atoms with Crippen LogP contribution in [0.4, 0.5) is 13.2 Å². The molecular formula is C30H26BrF3N2O2. The first-order chi connectivity index (χ1) is 17.9. The third-order valence-corrected chi connectivity index (χ3v) is 6.30. The van der Waals surface area contributed by atoms with Gasteiger partial charge in [-0.25, -0.2) is 9.78 Å². The van der Waals surface area contributed by atoms with Crippen LogP contribution < -0.4 is 0 Å². The zero-order valence-electron chi connectivity index (χ0n) is 21.1. The predicted molar refractivity (Wildman–Crippen MR) is 146 cm³/mol. The number of alkyl halides is 3. The molecule has 4 rings (SSSR count). The number of benzene rings is 3. The number of carbonyl (C=O) groups excluding carboxylic acids is 1. The summed E-state index contributed by atoms with van der Waals surface area (Å²) in [6.07, 6.45) is -4.47. The topological polar surface area (TPSA) is 51.5 Å². The number of nitrogens with zero attached hydrogens (tertiary/aromatic N) is 2. The average Bonchev–Trinajstić information content (AvgIpc) is 2.87. The highest BCUT2D eigenvalue weighted by atomic mass is 79.9. The van der Waals surface area contributed by atoms with Crippen LogP contribution in [0.2, 0.25) is 0 Å². The van der Waals surface area contributed by atoms with Crippen molar-refractivity contribution in [2.75, 3.05) is 0 Å². The van der Waals surface area contributed by atoms with Crippen LogP contribution in [0.5, 0.6) is 0 Å². The van der Waals surface area contributed by atoms with Crippen LogP contribution >= 0.6 is 15.9 Å². The van der Waals surface area contributed by atoms with Crippen molar-refractivity contribution in [2.24, 2.45) is 4.99 Å². The summed E-state index contributed by atoms with van der Waals surface area (Å²) in [5.74, 6) is -0.530. The summed E-state index contributed by atoms with van der Waals surface area (Å²) in [6.45, 7) is 5.33. The minimum absolute atomic E-state index is 0.106. The molecule has 0 N–H and O–H groups in total. The van der Waals surface area contributed by atoms with Gasteiger partial charge in [0.2, 0.25) is 0 Å². The zero-order valence-corrected chi connectivity index (χ0v) is 22.7. The minimum Gasteiger partial charge on any atom is -0.458 e. The minimum atomic E-state index is -4.58. The number of esters is 1. The first kappa shape index (κ1) is 27.5. The van der Waals surface area contributed by atoms with E-state index in [9.17, 15) is 18.0 Å². The molecule has 0 radical (unpaired) electrons. The molecule has 1 unspecified atom stereocenters. The van der Waals surface area contributed by atoms with E-state index in [0.717, 1.165) is 17.2 Å². The van der Waals surface area contributed by atoms with Gasteiger partial charge in [0.15, 0.2) is 6.04 Å². The van der Waals surface area contributed by atoms with Gasteiger partial charge in [0.05, 0.1) is 11.2 Å². The van der Waals surface area contributed by atoms with E-state index in [-0.39, 0.29) is 11.9 Å². The van der Waals surface area contributed by atoms with E-state index >= 15 is 0 Å². The standard InChI is InChI=1S/C30H26BrF3N2O2/c1-29(2,3)38-28(37)24(35-26(19-10-6-4-7-11-19)20-12-8-5-9-13-20)18-21-14-16-23(31)27-22(21)15-17-25(36-27)30(32,33)34/h4-17,24H,18H2,1-3H3. The van der Waals surface area contributed by atoms with E-state index in [1.54, 1.807) is 32.9 Å². The number of rotatable bonds is 6. The molecule has 3 aromatic carbocycles. The summed E-state index contributed by atoms with van der Waals surface area (Å²) in [7, 11) is 0. The van der Waals surface area contributed by atoms with Crippen molar-refractivity contribution in [1.82, 2.24) is 4.98 Å². The van der Waals surface area contributed by atoms with Crippen molar-refractivity contribution in [2.45, 2.75) is 45.0 Å². The molecule has 1 aromatic heterocycles. The van der Waals surface area contributed by atoms with Gasteiger partial charge in [-0.05, 0) is 54.4 Å². The first-order valence-corrected chi connectivity index (χ1v) is 12.8. The van der Waals surface area contributed by atoms with Gasteiger partial charge < -0.3 is 4.74 Å². The van der Waals surface area contributed by atoms with E-state index in [0.29, 0.717) is 21.1 Å². The third-order valence-electron chi connectivity index (χ3n) is 5.66. The van der Waals surface area contributed by atoms with Crippen LogP contribution in [0.25, 0.3) is 10.9 Å². The van der Waals surface area contributed by atoms with Gasteiger partial charge in [-0.2, -0.15) is 13.2 Å². The summed E-state index contributed by atoms with van der Waals surface area (Å²) in [6, 6.07) is 23.8. The second kappa shape index (κ2) is 11.1. The van der Waals surface area contributed by atoms with E-state index in [2.05, 4.69) is 20.9 Å². The molecule has 0 fully saturated rings. The normalized spacial score (nSPS) is 12.7. The molecule has 8 heteroatoms. The van der Waals surface area contributed by atoms with Crippen LogP contribution in [0.3, 0.4) is 0 Å². The Kier molecular flexibility index (Phi) is 8.02. The molecule has 0 aliphatic carbocycles. The molecule has 0 amide bonds. The molecule has 0 aliphatic heterocycles. The van der Waals surface area contributed by atoms with E-state index in [1.807, 2.05) is 60.7 Å². The number of pyridine rings is 1. The molecule has 4 aromatic rings. The number of carbonyl (C=O) groups is 1. The number of aromatic nitrogens is 1. The molecule has 0 bridgehead atoms. The molecule has 38 heavy (non-hydrogen) atoms. The summed E-state index contributed by atoms with van der Waals surface area (Å²) in [5, 5.41) is 0.497. The summed E-state index contributed by atoms with van der Waals surface area (Å²) in [5.41, 5.74) is 1.31. The summed E-state index contributed by atoms with van der Waals surface area (Å²) < 4.78 is 46.1. The molecule has 0 aliphatic rings. The van der Waals surface area contributed by atoms with Crippen molar-refractivity contribution >= 4 is 38.5 Å².